The summed E-state index contributed by atoms with van der Waals surface area (Å²) in [6.07, 6.45) is 0. The molecule has 2 aromatic heterocycles. The quantitative estimate of drug-likeness (QED) is 0.431. The standard InChI is InChI=1S/C22H17BrN2O6/c1-24-19(27)17(20(28)25(2)22(24)30)15(11-7-9-12(23)10-8-11)16-18(26)13-5-3-4-6-14(13)31-21(16)29/h3-10,15,26-27H,1-2H3. The highest BCUT2D eigenvalue weighted by Crippen LogP contribution is 2.39. The second kappa shape index (κ2) is 7.59. The van der Waals surface area contributed by atoms with Gasteiger partial charge in [0.15, 0.2) is 0 Å². The number of aromatic hydroxyl groups is 2. The molecule has 0 aliphatic carbocycles. The van der Waals surface area contributed by atoms with Crippen LogP contribution in [0, 0.1) is 0 Å². The van der Waals surface area contributed by atoms with Crippen molar-refractivity contribution in [2.75, 3.05) is 0 Å². The Labute approximate surface area is 183 Å². The van der Waals surface area contributed by atoms with E-state index in [1.165, 1.54) is 20.2 Å². The first-order valence-corrected chi connectivity index (χ1v) is 10.0. The Hall–Kier alpha value is -3.59. The van der Waals surface area contributed by atoms with Gasteiger partial charge in [-0.15, -0.1) is 0 Å². The van der Waals surface area contributed by atoms with Crippen molar-refractivity contribution in [3.63, 3.8) is 0 Å². The van der Waals surface area contributed by atoms with Gasteiger partial charge in [0, 0.05) is 18.6 Å². The van der Waals surface area contributed by atoms with E-state index in [2.05, 4.69) is 15.9 Å². The molecule has 9 heteroatoms. The number of hydrogen-bond donors (Lipinski definition) is 2. The number of fused-ring (bicyclic) bond motifs is 1. The number of hydrogen-bond acceptors (Lipinski definition) is 6. The lowest BCUT2D eigenvalue weighted by Crippen LogP contribution is -2.40. The highest BCUT2D eigenvalue weighted by atomic mass is 79.9. The van der Waals surface area contributed by atoms with Crippen LogP contribution in [0.2, 0.25) is 0 Å². The van der Waals surface area contributed by atoms with Crippen LogP contribution in [0.3, 0.4) is 0 Å². The highest BCUT2D eigenvalue weighted by Gasteiger charge is 2.32. The van der Waals surface area contributed by atoms with E-state index < -0.39 is 28.7 Å². The van der Waals surface area contributed by atoms with Gasteiger partial charge >= 0.3 is 11.3 Å². The Bertz CT molecular complexity index is 1500. The molecule has 0 bridgehead atoms. The molecule has 2 aromatic carbocycles. The van der Waals surface area contributed by atoms with E-state index in [1.807, 2.05) is 0 Å². The zero-order valence-corrected chi connectivity index (χ0v) is 18.1. The molecule has 158 valence electrons. The first-order valence-electron chi connectivity index (χ1n) is 9.21. The monoisotopic (exact) mass is 484 g/mol. The SMILES string of the molecule is Cn1c(O)c(C(c2ccc(Br)cc2)c2c(O)c3ccccc3oc2=O)c(=O)n(C)c1=O. The smallest absolute Gasteiger partial charge is 0.344 e. The van der Waals surface area contributed by atoms with E-state index in [-0.39, 0.29) is 27.8 Å². The first-order chi connectivity index (χ1) is 14.7. The molecule has 0 aliphatic rings. The maximum atomic E-state index is 13.1. The van der Waals surface area contributed by atoms with E-state index >= 15 is 0 Å². The van der Waals surface area contributed by atoms with Crippen molar-refractivity contribution in [3.8, 4) is 11.6 Å². The van der Waals surface area contributed by atoms with Crippen LogP contribution >= 0.6 is 15.9 Å². The summed E-state index contributed by atoms with van der Waals surface area (Å²) < 4.78 is 7.89. The molecule has 0 spiro atoms. The average molecular weight is 485 g/mol. The lowest BCUT2D eigenvalue weighted by atomic mass is 9.85. The molecule has 31 heavy (non-hydrogen) atoms. The lowest BCUT2D eigenvalue weighted by Gasteiger charge is -2.21. The summed E-state index contributed by atoms with van der Waals surface area (Å²) in [6.45, 7) is 0. The van der Waals surface area contributed by atoms with Gasteiger partial charge in [-0.3, -0.25) is 13.9 Å². The van der Waals surface area contributed by atoms with Crippen LogP contribution in [0.1, 0.15) is 22.6 Å². The summed E-state index contributed by atoms with van der Waals surface area (Å²) in [6, 6.07) is 13.1. The third-order valence-corrected chi connectivity index (χ3v) is 5.80. The van der Waals surface area contributed by atoms with Crippen LogP contribution in [0.15, 0.2) is 71.8 Å². The average Bonchev–Trinajstić information content (AvgIpc) is 2.76. The summed E-state index contributed by atoms with van der Waals surface area (Å²) in [5.41, 5.74) is -2.21. The number of nitrogens with zero attached hydrogens (tertiary/aromatic N) is 2. The summed E-state index contributed by atoms with van der Waals surface area (Å²) in [5.74, 6) is -2.16. The summed E-state index contributed by atoms with van der Waals surface area (Å²) >= 11 is 3.34. The van der Waals surface area contributed by atoms with Crippen LogP contribution in [0.4, 0.5) is 0 Å². The maximum Gasteiger partial charge on any atom is 0.344 e. The Morgan fingerprint density at radius 3 is 2.23 bits per heavy atom. The van der Waals surface area contributed by atoms with Gasteiger partial charge in [0.1, 0.15) is 11.3 Å². The van der Waals surface area contributed by atoms with E-state index in [4.69, 9.17) is 4.42 Å². The number of aromatic nitrogens is 2. The molecule has 4 rings (SSSR count). The van der Waals surface area contributed by atoms with Crippen LogP contribution in [0.25, 0.3) is 11.0 Å². The molecule has 4 aromatic rings. The minimum Gasteiger partial charge on any atom is -0.507 e. The molecule has 0 saturated heterocycles. The Morgan fingerprint density at radius 1 is 0.903 bits per heavy atom. The van der Waals surface area contributed by atoms with Crippen molar-refractivity contribution in [1.82, 2.24) is 9.13 Å². The van der Waals surface area contributed by atoms with Gasteiger partial charge in [0.05, 0.1) is 22.4 Å². The van der Waals surface area contributed by atoms with E-state index in [0.717, 1.165) is 13.6 Å². The molecule has 0 aliphatic heterocycles. The molecule has 8 nitrogen and oxygen atoms in total. The molecular formula is C22H17BrN2O6. The van der Waals surface area contributed by atoms with Gasteiger partial charge in [-0.1, -0.05) is 40.2 Å². The van der Waals surface area contributed by atoms with Crippen molar-refractivity contribution in [3.05, 3.63) is 101 Å². The summed E-state index contributed by atoms with van der Waals surface area (Å²) in [4.78, 5) is 38.3. The summed E-state index contributed by atoms with van der Waals surface area (Å²) in [5, 5.41) is 22.1. The van der Waals surface area contributed by atoms with Crippen molar-refractivity contribution >= 4 is 26.9 Å². The predicted octanol–water partition coefficient (Wildman–Crippen LogP) is 2.54. The van der Waals surface area contributed by atoms with Crippen LogP contribution < -0.4 is 16.9 Å². The molecular weight excluding hydrogens is 468 g/mol. The molecule has 1 unspecified atom stereocenters. The normalized spacial score (nSPS) is 12.2. The lowest BCUT2D eigenvalue weighted by molar-refractivity contribution is 0.399. The van der Waals surface area contributed by atoms with Crippen molar-refractivity contribution in [1.29, 1.82) is 0 Å². The molecule has 2 N–H and O–H groups in total. The third kappa shape index (κ3) is 3.27. The second-order valence-corrected chi connectivity index (χ2v) is 7.99. The van der Waals surface area contributed by atoms with Crippen LogP contribution in [0.5, 0.6) is 11.6 Å². The second-order valence-electron chi connectivity index (χ2n) is 7.08. The number of rotatable bonds is 3. The molecule has 0 saturated carbocycles. The molecule has 0 amide bonds. The number of halogens is 1. The minimum atomic E-state index is -1.19. The molecule has 0 radical (unpaired) electrons. The van der Waals surface area contributed by atoms with E-state index in [9.17, 15) is 24.6 Å². The predicted molar refractivity (Wildman–Crippen MR) is 118 cm³/mol. The van der Waals surface area contributed by atoms with Crippen molar-refractivity contribution in [2.24, 2.45) is 14.1 Å². The van der Waals surface area contributed by atoms with E-state index in [0.29, 0.717) is 5.56 Å². The van der Waals surface area contributed by atoms with Crippen LogP contribution in [-0.2, 0) is 14.1 Å². The Morgan fingerprint density at radius 2 is 1.55 bits per heavy atom. The van der Waals surface area contributed by atoms with Gasteiger partial charge < -0.3 is 14.6 Å². The summed E-state index contributed by atoms with van der Waals surface area (Å²) in [7, 11) is 2.58. The maximum absolute atomic E-state index is 13.1. The largest absolute Gasteiger partial charge is 0.507 e. The molecule has 1 atom stereocenters. The van der Waals surface area contributed by atoms with E-state index in [1.54, 1.807) is 42.5 Å². The zero-order valence-electron chi connectivity index (χ0n) is 16.5. The van der Waals surface area contributed by atoms with Crippen molar-refractivity contribution < 1.29 is 14.6 Å². The van der Waals surface area contributed by atoms with Crippen LogP contribution in [-0.4, -0.2) is 19.3 Å². The Balaban J connectivity index is 2.17. The number of para-hydroxylation sites is 1. The first kappa shape index (κ1) is 20.7. The van der Waals surface area contributed by atoms with Gasteiger partial charge in [0.25, 0.3) is 5.56 Å². The molecule has 0 fully saturated rings. The van der Waals surface area contributed by atoms with Crippen molar-refractivity contribution in [2.45, 2.75) is 5.92 Å². The fraction of sp³-hybridized carbons (Fsp3) is 0.136. The minimum absolute atomic E-state index is 0.181. The zero-order chi connectivity index (χ0) is 22.4. The Kier molecular flexibility index (Phi) is 5.06. The third-order valence-electron chi connectivity index (χ3n) is 5.27. The fourth-order valence-corrected chi connectivity index (χ4v) is 3.91. The highest BCUT2D eigenvalue weighted by molar-refractivity contribution is 9.10. The van der Waals surface area contributed by atoms with Gasteiger partial charge in [0.2, 0.25) is 5.88 Å². The van der Waals surface area contributed by atoms with Gasteiger partial charge in [-0.05, 0) is 29.8 Å². The fourth-order valence-electron chi connectivity index (χ4n) is 3.65. The van der Waals surface area contributed by atoms with Gasteiger partial charge in [-0.25, -0.2) is 9.59 Å². The topological polar surface area (TPSA) is 115 Å². The number of benzene rings is 2. The van der Waals surface area contributed by atoms with Gasteiger partial charge in [-0.2, -0.15) is 0 Å². The molecule has 2 heterocycles.